The molecule has 1 aliphatic carbocycles. The van der Waals surface area contributed by atoms with Crippen LogP contribution in [-0.2, 0) is 0 Å². The van der Waals surface area contributed by atoms with Gasteiger partial charge in [0.25, 0.3) is 0 Å². The van der Waals surface area contributed by atoms with Gasteiger partial charge < -0.3 is 10.4 Å². The molecule has 2 N–H and O–H groups in total. The molecule has 0 aromatic carbocycles. The molecule has 1 fully saturated rings. The van der Waals surface area contributed by atoms with Gasteiger partial charge in [-0.1, -0.05) is 13.8 Å². The lowest BCUT2D eigenvalue weighted by Crippen LogP contribution is -2.41. The van der Waals surface area contributed by atoms with Gasteiger partial charge in [0, 0.05) is 6.04 Å². The van der Waals surface area contributed by atoms with Crippen LogP contribution in [0, 0.1) is 0 Å². The molecule has 1 saturated carbocycles. The first-order chi connectivity index (χ1) is 7.70. The molecule has 0 unspecified atom stereocenters. The first-order valence-electron chi connectivity index (χ1n) is 6.73. The predicted molar refractivity (Wildman–Crippen MR) is 73.1 cm³/mol. The van der Waals surface area contributed by atoms with Crippen LogP contribution in [0.4, 0.5) is 0 Å². The Labute approximate surface area is 105 Å². The molecule has 3 heteroatoms. The summed E-state index contributed by atoms with van der Waals surface area (Å²) in [6.07, 6.45) is 6.42. The van der Waals surface area contributed by atoms with Gasteiger partial charge in [-0.2, -0.15) is 11.8 Å². The monoisotopic (exact) mass is 245 g/mol. The first kappa shape index (κ1) is 14.3. The van der Waals surface area contributed by atoms with Crippen molar-refractivity contribution < 1.29 is 5.11 Å². The molecule has 0 atom stereocenters. The molecule has 2 nitrogen and oxygen atoms in total. The van der Waals surface area contributed by atoms with Gasteiger partial charge in [-0.15, -0.1) is 0 Å². The minimum Gasteiger partial charge on any atom is -0.390 e. The summed E-state index contributed by atoms with van der Waals surface area (Å²) in [5, 5.41) is 13.7. The topological polar surface area (TPSA) is 32.3 Å². The Hall–Kier alpha value is 0.270. The maximum absolute atomic E-state index is 10.1. The highest BCUT2D eigenvalue weighted by molar-refractivity contribution is 7.99. The largest absolute Gasteiger partial charge is 0.390 e. The summed E-state index contributed by atoms with van der Waals surface area (Å²) in [5.41, 5.74) is -0.351. The third-order valence-corrected chi connectivity index (χ3v) is 4.66. The Morgan fingerprint density at radius 3 is 2.56 bits per heavy atom. The molecule has 0 aromatic rings. The number of aliphatic hydroxyl groups is 1. The van der Waals surface area contributed by atoms with E-state index in [1.807, 2.05) is 11.8 Å². The normalized spacial score (nSPS) is 30.6. The zero-order valence-electron chi connectivity index (χ0n) is 10.8. The molecule has 0 aliphatic heterocycles. The van der Waals surface area contributed by atoms with E-state index < -0.39 is 0 Å². The van der Waals surface area contributed by atoms with Crippen LogP contribution in [0.2, 0.25) is 0 Å². The van der Waals surface area contributed by atoms with E-state index in [2.05, 4.69) is 19.2 Å². The average molecular weight is 245 g/mol. The van der Waals surface area contributed by atoms with Crippen LogP contribution in [0.15, 0.2) is 0 Å². The molecule has 0 radical (unpaired) electrons. The van der Waals surface area contributed by atoms with E-state index in [0.29, 0.717) is 6.04 Å². The van der Waals surface area contributed by atoms with E-state index in [9.17, 15) is 5.11 Å². The lowest BCUT2D eigenvalue weighted by atomic mass is 9.80. The summed E-state index contributed by atoms with van der Waals surface area (Å²) >= 11 is 2.02. The fourth-order valence-electron chi connectivity index (χ4n) is 2.34. The van der Waals surface area contributed by atoms with Gasteiger partial charge >= 0.3 is 0 Å². The average Bonchev–Trinajstić information content (AvgIpc) is 2.31. The van der Waals surface area contributed by atoms with E-state index in [-0.39, 0.29) is 5.60 Å². The summed E-state index contributed by atoms with van der Waals surface area (Å²) in [5.74, 6) is 2.50. The van der Waals surface area contributed by atoms with Gasteiger partial charge in [0.1, 0.15) is 0 Å². The molecule has 0 aromatic heterocycles. The quantitative estimate of drug-likeness (QED) is 0.677. The van der Waals surface area contributed by atoms with Crippen molar-refractivity contribution in [3.8, 4) is 0 Å². The molecule has 0 saturated heterocycles. The lowest BCUT2D eigenvalue weighted by molar-refractivity contribution is -0.00671. The minimum absolute atomic E-state index is 0.351. The standard InChI is InChI=1S/C13H27NOS/c1-3-13(15)8-6-12(7-9-13)14-10-5-11-16-4-2/h12,14-15H,3-11H2,1-2H3. The van der Waals surface area contributed by atoms with Crippen LogP contribution in [-0.4, -0.2) is 34.8 Å². The highest BCUT2D eigenvalue weighted by Crippen LogP contribution is 2.30. The van der Waals surface area contributed by atoms with Gasteiger partial charge in [-0.25, -0.2) is 0 Å². The van der Waals surface area contributed by atoms with Crippen molar-refractivity contribution in [2.45, 2.75) is 64.0 Å². The molecule has 0 amide bonds. The van der Waals surface area contributed by atoms with Crippen LogP contribution < -0.4 is 5.32 Å². The summed E-state index contributed by atoms with van der Waals surface area (Å²) in [4.78, 5) is 0. The zero-order chi connectivity index (χ0) is 11.9. The maximum atomic E-state index is 10.1. The van der Waals surface area contributed by atoms with Gasteiger partial charge in [0.05, 0.1) is 5.60 Å². The molecule has 16 heavy (non-hydrogen) atoms. The fraction of sp³-hybridized carbons (Fsp3) is 1.00. The Bertz CT molecular complexity index is 179. The predicted octanol–water partition coefficient (Wildman–Crippen LogP) is 2.80. The molecule has 0 bridgehead atoms. The number of hydrogen-bond donors (Lipinski definition) is 2. The van der Waals surface area contributed by atoms with E-state index >= 15 is 0 Å². The summed E-state index contributed by atoms with van der Waals surface area (Å²) in [6.45, 7) is 5.45. The van der Waals surface area contributed by atoms with Crippen LogP contribution >= 0.6 is 11.8 Å². The maximum Gasteiger partial charge on any atom is 0.0646 e. The fourth-order valence-corrected chi connectivity index (χ4v) is 2.97. The Kier molecular flexibility index (Phi) is 6.78. The lowest BCUT2D eigenvalue weighted by Gasteiger charge is -2.35. The molecule has 96 valence electrons. The minimum atomic E-state index is -0.351. The van der Waals surface area contributed by atoms with E-state index in [1.165, 1.54) is 17.9 Å². The SMILES string of the molecule is CCSCCCNC1CCC(O)(CC)CC1. The van der Waals surface area contributed by atoms with Crippen molar-refractivity contribution in [1.82, 2.24) is 5.32 Å². The van der Waals surface area contributed by atoms with E-state index in [0.717, 1.165) is 38.6 Å². The molecular weight excluding hydrogens is 218 g/mol. The molecule has 1 rings (SSSR count). The highest BCUT2D eigenvalue weighted by atomic mass is 32.2. The number of thioether (sulfide) groups is 1. The van der Waals surface area contributed by atoms with Gasteiger partial charge in [0.2, 0.25) is 0 Å². The second-order valence-electron chi connectivity index (χ2n) is 4.86. The first-order valence-corrected chi connectivity index (χ1v) is 7.89. The van der Waals surface area contributed by atoms with E-state index in [1.54, 1.807) is 0 Å². The third-order valence-electron chi connectivity index (χ3n) is 3.68. The summed E-state index contributed by atoms with van der Waals surface area (Å²) in [6, 6.07) is 0.651. The van der Waals surface area contributed by atoms with Crippen molar-refractivity contribution in [2.24, 2.45) is 0 Å². The van der Waals surface area contributed by atoms with Gasteiger partial charge in [-0.3, -0.25) is 0 Å². The Balaban J connectivity index is 2.04. The van der Waals surface area contributed by atoms with Crippen molar-refractivity contribution in [1.29, 1.82) is 0 Å². The van der Waals surface area contributed by atoms with Gasteiger partial charge in [0.15, 0.2) is 0 Å². The summed E-state index contributed by atoms with van der Waals surface area (Å²) in [7, 11) is 0. The molecule has 0 heterocycles. The number of rotatable bonds is 7. The van der Waals surface area contributed by atoms with Crippen molar-refractivity contribution in [2.75, 3.05) is 18.1 Å². The molecule has 1 aliphatic rings. The molecular formula is C13H27NOS. The zero-order valence-corrected chi connectivity index (χ0v) is 11.6. The van der Waals surface area contributed by atoms with Crippen LogP contribution in [0.3, 0.4) is 0 Å². The van der Waals surface area contributed by atoms with Crippen LogP contribution in [0.5, 0.6) is 0 Å². The molecule has 0 spiro atoms. The van der Waals surface area contributed by atoms with Crippen molar-refractivity contribution in [3.63, 3.8) is 0 Å². The third kappa shape index (κ3) is 5.07. The Morgan fingerprint density at radius 2 is 2.00 bits per heavy atom. The smallest absolute Gasteiger partial charge is 0.0646 e. The van der Waals surface area contributed by atoms with Crippen LogP contribution in [0.25, 0.3) is 0 Å². The second-order valence-corrected chi connectivity index (χ2v) is 6.25. The van der Waals surface area contributed by atoms with Crippen LogP contribution in [0.1, 0.15) is 52.4 Å². The van der Waals surface area contributed by atoms with Crippen molar-refractivity contribution in [3.05, 3.63) is 0 Å². The van der Waals surface area contributed by atoms with E-state index in [4.69, 9.17) is 0 Å². The number of nitrogens with one attached hydrogen (secondary N) is 1. The number of hydrogen-bond acceptors (Lipinski definition) is 3. The second kappa shape index (κ2) is 7.57. The summed E-state index contributed by atoms with van der Waals surface area (Å²) < 4.78 is 0. The van der Waals surface area contributed by atoms with Gasteiger partial charge in [-0.05, 0) is 56.6 Å². The van der Waals surface area contributed by atoms with Crippen molar-refractivity contribution >= 4 is 11.8 Å². The Morgan fingerprint density at radius 1 is 1.31 bits per heavy atom. The highest BCUT2D eigenvalue weighted by Gasteiger charge is 2.30.